The van der Waals surface area contributed by atoms with Crippen LogP contribution in [0.2, 0.25) is 0 Å². The number of nitrogens with one attached hydrogen (secondary N) is 2. The van der Waals surface area contributed by atoms with Crippen molar-refractivity contribution in [1.29, 1.82) is 0 Å². The van der Waals surface area contributed by atoms with E-state index in [4.69, 9.17) is 4.74 Å². The van der Waals surface area contributed by atoms with Crippen LogP contribution < -0.4 is 10.6 Å². The van der Waals surface area contributed by atoms with Crippen LogP contribution in [0.1, 0.15) is 25.3 Å². The molecule has 1 aliphatic heterocycles. The molecule has 1 saturated heterocycles. The second kappa shape index (κ2) is 9.62. The smallest absolute Gasteiger partial charge is 0.228 e. The zero-order chi connectivity index (χ0) is 16.0. The highest BCUT2D eigenvalue weighted by molar-refractivity contribution is 9.10. The van der Waals surface area contributed by atoms with Gasteiger partial charge < -0.3 is 15.4 Å². The molecule has 4 nitrogen and oxygen atoms in total. The molecule has 0 aliphatic carbocycles. The van der Waals surface area contributed by atoms with Gasteiger partial charge in [0.1, 0.15) is 0 Å². The van der Waals surface area contributed by atoms with Crippen molar-refractivity contribution in [1.82, 2.24) is 10.6 Å². The van der Waals surface area contributed by atoms with E-state index in [1.165, 1.54) is 5.56 Å². The lowest BCUT2D eigenvalue weighted by molar-refractivity contribution is -0.136. The molecular formula is C17H26BrClN2O2. The summed E-state index contributed by atoms with van der Waals surface area (Å²) in [6, 6.07) is 8.34. The Balaban J connectivity index is 0.00000264. The van der Waals surface area contributed by atoms with E-state index in [1.807, 2.05) is 12.1 Å². The Morgan fingerprint density at radius 2 is 1.96 bits per heavy atom. The number of hydrogen-bond acceptors (Lipinski definition) is 3. The zero-order valence-corrected chi connectivity index (χ0v) is 16.1. The van der Waals surface area contributed by atoms with Crippen molar-refractivity contribution >= 4 is 34.2 Å². The minimum Gasteiger partial charge on any atom is -0.384 e. The number of ether oxygens (including phenoxy) is 1. The van der Waals surface area contributed by atoms with Crippen molar-refractivity contribution in [3.05, 3.63) is 34.3 Å². The number of halogens is 2. The van der Waals surface area contributed by atoms with Gasteiger partial charge in [-0.1, -0.05) is 28.1 Å². The molecule has 0 aromatic heterocycles. The monoisotopic (exact) mass is 404 g/mol. The average Bonchev–Trinajstić information content (AvgIpc) is 2.51. The number of amides is 1. The largest absolute Gasteiger partial charge is 0.384 e. The fraction of sp³-hybridized carbons (Fsp3) is 0.588. The molecule has 1 amide bonds. The maximum absolute atomic E-state index is 12.7. The van der Waals surface area contributed by atoms with Gasteiger partial charge in [0, 0.05) is 17.6 Å². The van der Waals surface area contributed by atoms with Crippen molar-refractivity contribution in [3.8, 4) is 0 Å². The molecule has 1 aliphatic rings. The van der Waals surface area contributed by atoms with Crippen molar-refractivity contribution < 1.29 is 9.53 Å². The summed E-state index contributed by atoms with van der Waals surface area (Å²) in [5.41, 5.74) is 0.843. The second-order valence-corrected chi connectivity index (χ2v) is 7.08. The topological polar surface area (TPSA) is 50.4 Å². The molecule has 1 aromatic rings. The normalized spacial score (nSPS) is 17.9. The summed E-state index contributed by atoms with van der Waals surface area (Å²) in [6.45, 7) is 4.29. The first-order valence-corrected chi connectivity index (χ1v) is 8.60. The highest BCUT2D eigenvalue weighted by Crippen LogP contribution is 2.29. The van der Waals surface area contributed by atoms with Crippen LogP contribution >= 0.6 is 28.3 Å². The number of carbonyl (C=O) groups excluding carboxylic acids is 1. The third-order valence-corrected chi connectivity index (χ3v) is 4.82. The van der Waals surface area contributed by atoms with Gasteiger partial charge >= 0.3 is 0 Å². The Bertz CT molecular complexity index is 484. The number of carbonyl (C=O) groups is 1. The number of benzene rings is 1. The van der Waals surface area contributed by atoms with Crippen LogP contribution in [0, 0.1) is 5.41 Å². The zero-order valence-electron chi connectivity index (χ0n) is 13.7. The van der Waals surface area contributed by atoms with Gasteiger partial charge in [0.25, 0.3) is 0 Å². The highest BCUT2D eigenvalue weighted by Gasteiger charge is 2.39. The maximum Gasteiger partial charge on any atom is 0.228 e. The summed E-state index contributed by atoms with van der Waals surface area (Å²) in [4.78, 5) is 12.7. The summed E-state index contributed by atoms with van der Waals surface area (Å²) < 4.78 is 6.40. The first-order chi connectivity index (χ1) is 10.6. The van der Waals surface area contributed by atoms with Gasteiger partial charge in [-0.15, -0.1) is 12.4 Å². The average molecular weight is 406 g/mol. The molecular weight excluding hydrogens is 380 g/mol. The summed E-state index contributed by atoms with van der Waals surface area (Å²) in [7, 11) is 1.67. The lowest BCUT2D eigenvalue weighted by Gasteiger charge is -2.36. The molecule has 1 unspecified atom stereocenters. The van der Waals surface area contributed by atoms with Crippen molar-refractivity contribution in [3.63, 3.8) is 0 Å². The van der Waals surface area contributed by atoms with Crippen LogP contribution in [0.5, 0.6) is 0 Å². The number of methoxy groups -OCH3 is 1. The van der Waals surface area contributed by atoms with Crippen LogP contribution in [0.25, 0.3) is 0 Å². The lowest BCUT2D eigenvalue weighted by atomic mass is 9.78. The molecule has 2 N–H and O–H groups in total. The molecule has 0 radical (unpaired) electrons. The van der Waals surface area contributed by atoms with Crippen LogP contribution in [0.3, 0.4) is 0 Å². The summed E-state index contributed by atoms with van der Waals surface area (Å²) in [6.07, 6.45) is 2.50. The maximum atomic E-state index is 12.7. The molecule has 130 valence electrons. The van der Waals surface area contributed by atoms with E-state index in [2.05, 4.69) is 45.6 Å². The lowest BCUT2D eigenvalue weighted by Crippen LogP contribution is -2.52. The molecule has 6 heteroatoms. The standard InChI is InChI=1S/C17H25BrN2O2.ClH/c1-13(11-14-3-5-15(18)6-4-14)20-16(21)17(12-22-2)7-9-19-10-8-17;/h3-6,13,19H,7-12H2,1-2H3,(H,20,21);1H. The fourth-order valence-electron chi connectivity index (χ4n) is 3.02. The third kappa shape index (κ3) is 5.75. The fourth-order valence-corrected chi connectivity index (χ4v) is 3.28. The Morgan fingerprint density at radius 3 is 2.52 bits per heavy atom. The SMILES string of the molecule is COCC1(C(=O)NC(C)Cc2ccc(Br)cc2)CCNCC1.Cl. The van der Waals surface area contributed by atoms with E-state index in [0.29, 0.717) is 6.61 Å². The van der Waals surface area contributed by atoms with Gasteiger partial charge in [-0.25, -0.2) is 0 Å². The molecule has 1 heterocycles. The predicted molar refractivity (Wildman–Crippen MR) is 99.1 cm³/mol. The predicted octanol–water partition coefficient (Wildman–Crippen LogP) is 2.93. The molecule has 0 bridgehead atoms. The van der Waals surface area contributed by atoms with Gasteiger partial charge in [0.15, 0.2) is 0 Å². The molecule has 23 heavy (non-hydrogen) atoms. The van der Waals surface area contributed by atoms with E-state index in [0.717, 1.165) is 36.8 Å². The Morgan fingerprint density at radius 1 is 1.35 bits per heavy atom. The third-order valence-electron chi connectivity index (χ3n) is 4.30. The van der Waals surface area contributed by atoms with Crippen molar-refractivity contribution in [2.75, 3.05) is 26.8 Å². The van der Waals surface area contributed by atoms with Crippen LogP contribution in [0.15, 0.2) is 28.7 Å². The van der Waals surface area contributed by atoms with Gasteiger partial charge in [0.05, 0.1) is 12.0 Å². The molecule has 1 fully saturated rings. The van der Waals surface area contributed by atoms with Crippen LogP contribution in [-0.4, -0.2) is 38.8 Å². The second-order valence-electron chi connectivity index (χ2n) is 6.17. The Hall–Kier alpha value is -0.620. The van der Waals surface area contributed by atoms with Gasteiger partial charge in [0.2, 0.25) is 5.91 Å². The highest BCUT2D eigenvalue weighted by atomic mass is 79.9. The van der Waals surface area contributed by atoms with Crippen molar-refractivity contribution in [2.24, 2.45) is 5.41 Å². The number of hydrogen-bond donors (Lipinski definition) is 2. The first kappa shape index (κ1) is 20.4. The minimum atomic E-state index is -0.381. The molecule has 1 aromatic carbocycles. The molecule has 2 rings (SSSR count). The molecule has 1 atom stereocenters. The Kier molecular flexibility index (Phi) is 8.54. The van der Waals surface area contributed by atoms with Crippen LogP contribution in [-0.2, 0) is 16.0 Å². The van der Waals surface area contributed by atoms with E-state index in [-0.39, 0.29) is 29.8 Å². The molecule has 0 saturated carbocycles. The molecule has 0 spiro atoms. The number of rotatable bonds is 6. The van der Waals surface area contributed by atoms with Gasteiger partial charge in [-0.3, -0.25) is 4.79 Å². The minimum absolute atomic E-state index is 0. The quantitative estimate of drug-likeness (QED) is 0.765. The van der Waals surface area contributed by atoms with E-state index in [1.54, 1.807) is 7.11 Å². The Labute approximate surface area is 153 Å². The van der Waals surface area contributed by atoms with Gasteiger partial charge in [-0.05, 0) is 57.0 Å². The van der Waals surface area contributed by atoms with E-state index >= 15 is 0 Å². The first-order valence-electron chi connectivity index (χ1n) is 7.81. The van der Waals surface area contributed by atoms with Gasteiger partial charge in [-0.2, -0.15) is 0 Å². The van der Waals surface area contributed by atoms with E-state index in [9.17, 15) is 4.79 Å². The summed E-state index contributed by atoms with van der Waals surface area (Å²) in [5, 5.41) is 6.49. The van der Waals surface area contributed by atoms with Crippen LogP contribution in [0.4, 0.5) is 0 Å². The number of piperidine rings is 1. The summed E-state index contributed by atoms with van der Waals surface area (Å²) >= 11 is 3.44. The summed E-state index contributed by atoms with van der Waals surface area (Å²) in [5.74, 6) is 0.125. The van der Waals surface area contributed by atoms with E-state index < -0.39 is 0 Å². The van der Waals surface area contributed by atoms with Crippen molar-refractivity contribution in [2.45, 2.75) is 32.2 Å².